The molecule has 1 aromatic heterocycles. The van der Waals surface area contributed by atoms with Crippen LogP contribution in [0.1, 0.15) is 28.7 Å². The van der Waals surface area contributed by atoms with Gasteiger partial charge in [-0.15, -0.1) is 0 Å². The third kappa shape index (κ3) is 2.90. The van der Waals surface area contributed by atoms with Crippen molar-refractivity contribution in [2.24, 2.45) is 0 Å². The molecule has 5 heteroatoms. The second-order valence-corrected chi connectivity index (χ2v) is 5.54. The summed E-state index contributed by atoms with van der Waals surface area (Å²) in [6.45, 7) is 5.47. The van der Waals surface area contributed by atoms with Gasteiger partial charge in [-0.1, -0.05) is 0 Å². The summed E-state index contributed by atoms with van der Waals surface area (Å²) in [5, 5.41) is 9.20. The van der Waals surface area contributed by atoms with Crippen LogP contribution in [0.2, 0.25) is 0 Å². The van der Waals surface area contributed by atoms with Gasteiger partial charge in [-0.25, -0.2) is 4.39 Å². The number of aliphatic hydroxyl groups is 1. The number of hydrogen-bond acceptors (Lipinski definition) is 2. The molecule has 0 saturated heterocycles. The van der Waals surface area contributed by atoms with Gasteiger partial charge in [0.15, 0.2) is 0 Å². The summed E-state index contributed by atoms with van der Waals surface area (Å²) >= 11 is 0. The predicted octanol–water partition coefficient (Wildman–Crippen LogP) is 2.69. The molecule has 22 heavy (non-hydrogen) atoms. The Morgan fingerprint density at radius 3 is 2.45 bits per heavy atom. The number of nitrogens with zero attached hydrogens (tertiary/aromatic N) is 2. The molecule has 0 aliphatic heterocycles. The second-order valence-electron chi connectivity index (χ2n) is 5.54. The van der Waals surface area contributed by atoms with Crippen molar-refractivity contribution in [1.29, 1.82) is 0 Å². The number of likely N-dealkylation sites (N-methyl/N-ethyl adjacent to an activating group) is 1. The molecule has 0 aliphatic rings. The zero-order chi connectivity index (χ0) is 16.4. The van der Waals surface area contributed by atoms with E-state index in [1.54, 1.807) is 26.1 Å². The molecule has 1 unspecified atom stereocenters. The fraction of sp³-hybridized carbons (Fsp3) is 0.353. The van der Waals surface area contributed by atoms with E-state index in [0.29, 0.717) is 5.56 Å². The first-order valence-electron chi connectivity index (χ1n) is 7.19. The monoisotopic (exact) mass is 304 g/mol. The smallest absolute Gasteiger partial charge is 0.255 e. The molecule has 2 aromatic rings. The SMILES string of the molecule is Cc1cc(C(=O)N(C)C(C)CO)c(C)n1-c1ccc(F)cc1. The third-order valence-corrected chi connectivity index (χ3v) is 3.99. The lowest BCUT2D eigenvalue weighted by Gasteiger charge is -2.23. The van der Waals surface area contributed by atoms with E-state index in [4.69, 9.17) is 0 Å². The molecule has 1 N–H and O–H groups in total. The van der Waals surface area contributed by atoms with Crippen LogP contribution in [0.4, 0.5) is 4.39 Å². The number of hydrogen-bond donors (Lipinski definition) is 1. The van der Waals surface area contributed by atoms with Crippen LogP contribution in [0, 0.1) is 19.7 Å². The standard InChI is InChI=1S/C17H21FN2O2/c1-11-9-16(17(22)19(4)12(2)10-21)13(3)20(11)15-7-5-14(18)6-8-15/h5-9,12,21H,10H2,1-4H3. The first-order chi connectivity index (χ1) is 10.4. The van der Waals surface area contributed by atoms with Gasteiger partial charge in [0.1, 0.15) is 5.82 Å². The topological polar surface area (TPSA) is 45.5 Å². The minimum absolute atomic E-state index is 0.0844. The highest BCUT2D eigenvalue weighted by Crippen LogP contribution is 2.22. The Balaban J connectivity index is 2.43. The van der Waals surface area contributed by atoms with Crippen molar-refractivity contribution in [3.05, 3.63) is 53.1 Å². The normalized spacial score (nSPS) is 12.3. The van der Waals surface area contributed by atoms with E-state index in [1.807, 2.05) is 24.5 Å². The molecule has 1 aromatic carbocycles. The highest BCUT2D eigenvalue weighted by molar-refractivity contribution is 5.96. The van der Waals surface area contributed by atoms with Gasteiger partial charge in [0.2, 0.25) is 0 Å². The van der Waals surface area contributed by atoms with E-state index in [-0.39, 0.29) is 24.4 Å². The molecule has 0 spiro atoms. The van der Waals surface area contributed by atoms with Crippen LogP contribution in [0.25, 0.3) is 5.69 Å². The first-order valence-corrected chi connectivity index (χ1v) is 7.19. The lowest BCUT2D eigenvalue weighted by Crippen LogP contribution is -2.37. The largest absolute Gasteiger partial charge is 0.394 e. The maximum Gasteiger partial charge on any atom is 0.255 e. The van der Waals surface area contributed by atoms with Gasteiger partial charge in [-0.05, 0) is 51.1 Å². The van der Waals surface area contributed by atoms with Crippen LogP contribution in [0.15, 0.2) is 30.3 Å². The fourth-order valence-electron chi connectivity index (χ4n) is 2.48. The predicted molar refractivity (Wildman–Crippen MR) is 83.8 cm³/mol. The van der Waals surface area contributed by atoms with E-state index < -0.39 is 0 Å². The highest BCUT2D eigenvalue weighted by atomic mass is 19.1. The summed E-state index contributed by atoms with van der Waals surface area (Å²) < 4.78 is 15.0. The van der Waals surface area contributed by atoms with Gasteiger partial charge >= 0.3 is 0 Å². The van der Waals surface area contributed by atoms with Crippen molar-refractivity contribution in [2.45, 2.75) is 26.8 Å². The van der Waals surface area contributed by atoms with Gasteiger partial charge in [-0.3, -0.25) is 4.79 Å². The third-order valence-electron chi connectivity index (χ3n) is 3.99. The van der Waals surface area contributed by atoms with Crippen LogP contribution in [0.3, 0.4) is 0 Å². The summed E-state index contributed by atoms with van der Waals surface area (Å²) in [6.07, 6.45) is 0. The van der Waals surface area contributed by atoms with Gasteiger partial charge in [-0.2, -0.15) is 0 Å². The summed E-state index contributed by atoms with van der Waals surface area (Å²) in [5.74, 6) is -0.429. The average molecular weight is 304 g/mol. The van der Waals surface area contributed by atoms with E-state index in [2.05, 4.69) is 0 Å². The summed E-state index contributed by atoms with van der Waals surface area (Å²) in [7, 11) is 1.67. The van der Waals surface area contributed by atoms with E-state index in [0.717, 1.165) is 17.1 Å². The zero-order valence-corrected chi connectivity index (χ0v) is 13.3. The molecule has 0 aliphatic carbocycles. The molecule has 1 atom stereocenters. The maximum atomic E-state index is 13.1. The van der Waals surface area contributed by atoms with Crippen molar-refractivity contribution in [3.63, 3.8) is 0 Å². The quantitative estimate of drug-likeness (QED) is 0.944. The van der Waals surface area contributed by atoms with Crippen molar-refractivity contribution in [1.82, 2.24) is 9.47 Å². The number of carbonyl (C=O) groups is 1. The second kappa shape index (κ2) is 6.32. The van der Waals surface area contributed by atoms with Crippen LogP contribution < -0.4 is 0 Å². The lowest BCUT2D eigenvalue weighted by molar-refractivity contribution is 0.0681. The number of benzene rings is 1. The Labute approximate surface area is 129 Å². The number of aliphatic hydroxyl groups excluding tert-OH is 1. The molecule has 118 valence electrons. The zero-order valence-electron chi connectivity index (χ0n) is 13.3. The Kier molecular flexibility index (Phi) is 4.66. The van der Waals surface area contributed by atoms with Gasteiger partial charge in [0.25, 0.3) is 5.91 Å². The summed E-state index contributed by atoms with van der Waals surface area (Å²) in [4.78, 5) is 14.1. The highest BCUT2D eigenvalue weighted by Gasteiger charge is 2.22. The maximum absolute atomic E-state index is 13.1. The molecule has 2 rings (SSSR count). The Morgan fingerprint density at radius 1 is 1.32 bits per heavy atom. The van der Waals surface area contributed by atoms with Crippen LogP contribution >= 0.6 is 0 Å². The minimum atomic E-state index is -0.293. The Bertz CT molecular complexity index is 677. The van der Waals surface area contributed by atoms with Crippen molar-refractivity contribution in [2.75, 3.05) is 13.7 Å². The van der Waals surface area contributed by atoms with Gasteiger partial charge in [0.05, 0.1) is 18.2 Å². The Hall–Kier alpha value is -2.14. The summed E-state index contributed by atoms with van der Waals surface area (Å²) in [6, 6.07) is 7.74. The average Bonchev–Trinajstić information content (AvgIpc) is 2.81. The molecule has 0 radical (unpaired) electrons. The van der Waals surface area contributed by atoms with E-state index in [9.17, 15) is 14.3 Å². The van der Waals surface area contributed by atoms with Crippen LogP contribution in [-0.4, -0.2) is 40.2 Å². The first kappa shape index (κ1) is 16.2. The van der Waals surface area contributed by atoms with Crippen molar-refractivity contribution < 1.29 is 14.3 Å². The van der Waals surface area contributed by atoms with Crippen LogP contribution in [0.5, 0.6) is 0 Å². The Morgan fingerprint density at radius 2 is 1.91 bits per heavy atom. The number of amides is 1. The number of aromatic nitrogens is 1. The van der Waals surface area contributed by atoms with Crippen molar-refractivity contribution >= 4 is 5.91 Å². The number of rotatable bonds is 4. The minimum Gasteiger partial charge on any atom is -0.394 e. The van der Waals surface area contributed by atoms with Gasteiger partial charge in [0, 0.05) is 24.1 Å². The van der Waals surface area contributed by atoms with Gasteiger partial charge < -0.3 is 14.6 Å². The van der Waals surface area contributed by atoms with E-state index >= 15 is 0 Å². The molecule has 0 fully saturated rings. The van der Waals surface area contributed by atoms with E-state index in [1.165, 1.54) is 17.0 Å². The molecule has 1 amide bonds. The molecular weight excluding hydrogens is 283 g/mol. The molecule has 4 nitrogen and oxygen atoms in total. The van der Waals surface area contributed by atoms with Crippen molar-refractivity contribution in [3.8, 4) is 5.69 Å². The fourth-order valence-corrected chi connectivity index (χ4v) is 2.48. The van der Waals surface area contributed by atoms with Crippen LogP contribution in [-0.2, 0) is 0 Å². The summed E-state index contributed by atoms with van der Waals surface area (Å²) in [5.41, 5.74) is 3.10. The molecule has 1 heterocycles. The number of carbonyl (C=O) groups excluding carboxylic acids is 1. The molecular formula is C17H21FN2O2. The molecule has 0 saturated carbocycles. The lowest BCUT2D eigenvalue weighted by atomic mass is 10.2. The molecule has 0 bridgehead atoms. The number of aryl methyl sites for hydroxylation is 1. The number of halogens is 1.